The average molecular weight is 438 g/mol. The number of ether oxygens (including phenoxy) is 1. The summed E-state index contributed by atoms with van der Waals surface area (Å²) in [6, 6.07) is 13.1. The average Bonchev–Trinajstić information content (AvgIpc) is 3.45. The van der Waals surface area contributed by atoms with Crippen LogP contribution in [0.1, 0.15) is 16.1 Å². The zero-order chi connectivity index (χ0) is 22.3. The summed E-state index contributed by atoms with van der Waals surface area (Å²) >= 11 is 0. The first kappa shape index (κ1) is 21.8. The van der Waals surface area contributed by atoms with E-state index in [-0.39, 0.29) is 18.4 Å². The summed E-state index contributed by atoms with van der Waals surface area (Å²) in [4.78, 5) is 27.3. The molecule has 2 N–H and O–H groups in total. The molecule has 9 heteroatoms. The summed E-state index contributed by atoms with van der Waals surface area (Å²) in [5.41, 5.74) is 1.58. The fraction of sp³-hybridized carbons (Fsp3) is 0.348. The molecule has 2 amide bonds. The Labute approximate surface area is 186 Å². The van der Waals surface area contributed by atoms with Crippen molar-refractivity contribution in [2.24, 2.45) is 0 Å². The number of rotatable bonds is 8. The maximum Gasteiger partial charge on any atom is 0.255 e. The highest BCUT2D eigenvalue weighted by atomic mass is 16.5. The molecule has 0 atom stereocenters. The molecule has 1 aliphatic heterocycles. The molecule has 32 heavy (non-hydrogen) atoms. The number of carbonyl (C=O) groups excluding carboxylic acids is 2. The summed E-state index contributed by atoms with van der Waals surface area (Å²) in [5, 5.41) is 10.1. The van der Waals surface area contributed by atoms with E-state index in [1.165, 1.54) is 0 Å². The van der Waals surface area contributed by atoms with Gasteiger partial charge in [-0.15, -0.1) is 0 Å². The van der Waals surface area contributed by atoms with Crippen molar-refractivity contribution in [3.63, 3.8) is 0 Å². The molecule has 0 unspecified atom stereocenters. The number of amides is 2. The molecule has 9 nitrogen and oxygen atoms in total. The van der Waals surface area contributed by atoms with Gasteiger partial charge in [0.25, 0.3) is 5.91 Å². The Balaban J connectivity index is 1.39. The minimum Gasteiger partial charge on any atom is -0.460 e. The fourth-order valence-corrected chi connectivity index (χ4v) is 3.49. The van der Waals surface area contributed by atoms with Crippen molar-refractivity contribution >= 4 is 11.8 Å². The number of aryl methyl sites for hydroxylation is 1. The van der Waals surface area contributed by atoms with E-state index in [2.05, 4.69) is 20.6 Å². The lowest BCUT2D eigenvalue weighted by atomic mass is 10.2. The lowest BCUT2D eigenvalue weighted by molar-refractivity contribution is -0.120. The number of para-hydroxylation sites is 1. The summed E-state index contributed by atoms with van der Waals surface area (Å²) < 4.78 is 12.6. The van der Waals surface area contributed by atoms with Crippen LogP contribution in [-0.2, 0) is 9.53 Å². The molecule has 3 aromatic rings. The minimum atomic E-state index is -0.389. The smallest absolute Gasteiger partial charge is 0.255 e. The van der Waals surface area contributed by atoms with Crippen LogP contribution in [0.4, 0.5) is 0 Å². The Bertz CT molecular complexity index is 1050. The van der Waals surface area contributed by atoms with E-state index >= 15 is 0 Å². The number of carbonyl (C=O) groups is 2. The van der Waals surface area contributed by atoms with Crippen molar-refractivity contribution < 1.29 is 18.7 Å². The summed E-state index contributed by atoms with van der Waals surface area (Å²) in [5.74, 6) is 0.592. The van der Waals surface area contributed by atoms with Crippen molar-refractivity contribution in [1.82, 2.24) is 25.3 Å². The highest BCUT2D eigenvalue weighted by molar-refractivity contribution is 6.00. The van der Waals surface area contributed by atoms with Gasteiger partial charge in [-0.1, -0.05) is 18.2 Å². The van der Waals surface area contributed by atoms with Crippen LogP contribution in [0.2, 0.25) is 0 Å². The summed E-state index contributed by atoms with van der Waals surface area (Å²) in [7, 11) is 0. The zero-order valence-electron chi connectivity index (χ0n) is 18.0. The maximum absolute atomic E-state index is 12.9. The first-order valence-corrected chi connectivity index (χ1v) is 10.7. The number of hydrogen-bond acceptors (Lipinski definition) is 6. The third kappa shape index (κ3) is 5.43. The van der Waals surface area contributed by atoms with Crippen molar-refractivity contribution in [2.45, 2.75) is 6.92 Å². The molecule has 168 valence electrons. The van der Waals surface area contributed by atoms with Crippen LogP contribution < -0.4 is 10.6 Å². The number of hydrogen-bond donors (Lipinski definition) is 2. The topological polar surface area (TPSA) is 102 Å². The van der Waals surface area contributed by atoms with E-state index in [4.69, 9.17) is 9.15 Å². The van der Waals surface area contributed by atoms with Gasteiger partial charge in [-0.05, 0) is 31.2 Å². The Hall–Kier alpha value is -3.43. The van der Waals surface area contributed by atoms with Crippen molar-refractivity contribution in [1.29, 1.82) is 0 Å². The van der Waals surface area contributed by atoms with E-state index in [0.717, 1.165) is 44.3 Å². The van der Waals surface area contributed by atoms with Crippen molar-refractivity contribution in [3.05, 3.63) is 60.0 Å². The molecule has 0 aliphatic carbocycles. The number of nitrogens with zero attached hydrogens (tertiary/aromatic N) is 3. The van der Waals surface area contributed by atoms with Gasteiger partial charge in [0, 0.05) is 32.4 Å². The number of morpholine rings is 1. The summed E-state index contributed by atoms with van der Waals surface area (Å²) in [6.07, 6.45) is 1.65. The van der Waals surface area contributed by atoms with Crippen LogP contribution in [-0.4, -0.2) is 72.4 Å². The second-order valence-electron chi connectivity index (χ2n) is 7.57. The van der Waals surface area contributed by atoms with E-state index in [9.17, 15) is 9.59 Å². The Morgan fingerprint density at radius 1 is 1.06 bits per heavy atom. The van der Waals surface area contributed by atoms with Gasteiger partial charge in [-0.3, -0.25) is 14.5 Å². The van der Waals surface area contributed by atoms with Crippen LogP contribution in [0.5, 0.6) is 0 Å². The van der Waals surface area contributed by atoms with E-state index in [1.807, 2.05) is 43.3 Å². The fourth-order valence-electron chi connectivity index (χ4n) is 3.49. The molecule has 0 radical (unpaired) electrons. The summed E-state index contributed by atoms with van der Waals surface area (Å²) in [6.45, 7) is 6.18. The zero-order valence-corrected chi connectivity index (χ0v) is 18.0. The lowest BCUT2D eigenvalue weighted by Crippen LogP contribution is -2.43. The number of nitrogens with one attached hydrogen (secondary N) is 2. The Morgan fingerprint density at radius 2 is 1.84 bits per heavy atom. The lowest BCUT2D eigenvalue weighted by Gasteiger charge is -2.26. The number of benzene rings is 1. The quantitative estimate of drug-likeness (QED) is 0.555. The monoisotopic (exact) mass is 437 g/mol. The third-order valence-corrected chi connectivity index (χ3v) is 5.22. The first-order valence-electron chi connectivity index (χ1n) is 10.7. The Kier molecular flexibility index (Phi) is 6.98. The maximum atomic E-state index is 12.9. The van der Waals surface area contributed by atoms with Gasteiger partial charge in [-0.2, -0.15) is 5.10 Å². The van der Waals surface area contributed by atoms with E-state index < -0.39 is 0 Å². The number of aromatic nitrogens is 2. The third-order valence-electron chi connectivity index (χ3n) is 5.22. The van der Waals surface area contributed by atoms with Crippen LogP contribution in [0.3, 0.4) is 0 Å². The molecule has 4 rings (SSSR count). The van der Waals surface area contributed by atoms with Crippen LogP contribution >= 0.6 is 0 Å². The highest BCUT2D eigenvalue weighted by Gasteiger charge is 2.21. The molecule has 1 saturated heterocycles. The molecule has 1 aromatic carbocycles. The molecule has 1 aliphatic rings. The SMILES string of the molecule is Cc1ccc(-c2nn(-c3ccccc3)cc2C(=O)NCC(=O)NCCN2CCOCC2)o1. The molecule has 1 fully saturated rings. The van der Waals surface area contributed by atoms with Crippen molar-refractivity contribution in [3.8, 4) is 17.1 Å². The van der Waals surface area contributed by atoms with E-state index in [1.54, 1.807) is 16.9 Å². The molecular weight excluding hydrogens is 410 g/mol. The standard InChI is InChI=1S/C23H27N5O4/c1-17-7-8-20(32-17)22-19(16-28(26-22)18-5-3-2-4-6-18)23(30)25-15-21(29)24-9-10-27-11-13-31-14-12-27/h2-8,16H,9-15H2,1H3,(H,24,29)(H,25,30). The van der Waals surface area contributed by atoms with Gasteiger partial charge in [0.05, 0.1) is 31.0 Å². The van der Waals surface area contributed by atoms with Crippen molar-refractivity contribution in [2.75, 3.05) is 45.9 Å². The van der Waals surface area contributed by atoms with E-state index in [0.29, 0.717) is 23.6 Å². The van der Waals surface area contributed by atoms with Gasteiger partial charge in [0.15, 0.2) is 5.76 Å². The second kappa shape index (κ2) is 10.3. The van der Waals surface area contributed by atoms with Gasteiger partial charge >= 0.3 is 0 Å². The van der Waals surface area contributed by atoms with Gasteiger partial charge < -0.3 is 19.8 Å². The van der Waals surface area contributed by atoms with Crippen LogP contribution in [0.25, 0.3) is 17.1 Å². The van der Waals surface area contributed by atoms with Gasteiger partial charge in [-0.25, -0.2) is 4.68 Å². The minimum absolute atomic E-state index is 0.116. The molecular formula is C23H27N5O4. The first-order chi connectivity index (χ1) is 15.6. The predicted molar refractivity (Wildman–Crippen MR) is 119 cm³/mol. The van der Waals surface area contributed by atoms with Crippen LogP contribution in [0.15, 0.2) is 53.1 Å². The molecule has 0 bridgehead atoms. The van der Waals surface area contributed by atoms with Gasteiger partial charge in [0.1, 0.15) is 11.5 Å². The molecule has 3 heterocycles. The van der Waals surface area contributed by atoms with Gasteiger partial charge in [0.2, 0.25) is 5.91 Å². The van der Waals surface area contributed by atoms with Crippen LogP contribution in [0, 0.1) is 6.92 Å². The second-order valence-corrected chi connectivity index (χ2v) is 7.57. The highest BCUT2D eigenvalue weighted by Crippen LogP contribution is 2.25. The normalized spacial score (nSPS) is 14.3. The molecule has 2 aromatic heterocycles. The Morgan fingerprint density at radius 3 is 2.56 bits per heavy atom. The molecule has 0 spiro atoms. The largest absolute Gasteiger partial charge is 0.460 e. The predicted octanol–water partition coefficient (Wildman–Crippen LogP) is 1.62. The molecule has 0 saturated carbocycles. The number of furan rings is 1.